The molecule has 84 heavy (non-hydrogen) atoms. The SMILES string of the molecule is CC[C@H](C)[C@@H]1NC(=O)[C@@H]2C[C@@H](O)CN2C(=O)[C@H](CC(=O)OC)CC(=O)[C@@H]2CSc3[nH]c4ccc(NC(=O)CCNC(=O)CN(C(=O)CCl)N(CC(=O)O)C(=O)CCl)cc4c3C[C@H](CC1=O)C(=O)NCC(=O)N[C@@H]([C@@H](C)CC)C(=O)NCC(=O)N2. The van der Waals surface area contributed by atoms with Gasteiger partial charge in [0.2, 0.25) is 47.3 Å². The summed E-state index contributed by atoms with van der Waals surface area (Å²) in [6, 6.07) is -0.727. The van der Waals surface area contributed by atoms with Crippen molar-refractivity contribution in [2.75, 3.05) is 69.2 Å². The summed E-state index contributed by atoms with van der Waals surface area (Å²) in [7, 11) is 1.07. The molecule has 1 fully saturated rings. The van der Waals surface area contributed by atoms with Crippen LogP contribution in [0.2, 0.25) is 0 Å². The maximum Gasteiger partial charge on any atom is 0.325 e. The predicted molar refractivity (Wildman–Crippen MR) is 301 cm³/mol. The molecule has 28 nitrogen and oxygen atoms in total. The number of esters is 1. The Labute approximate surface area is 497 Å². The summed E-state index contributed by atoms with van der Waals surface area (Å²) >= 11 is 12.3. The number of nitrogens with one attached hydrogen (secondary N) is 8. The van der Waals surface area contributed by atoms with Crippen LogP contribution in [-0.4, -0.2) is 207 Å². The number of ether oxygens (including phenoxy) is 1. The molecule has 0 unspecified atom stereocenters. The van der Waals surface area contributed by atoms with E-state index in [0.717, 1.165) is 23.8 Å². The normalized spacial score (nSPS) is 23.0. The standard InChI is InChI=1S/C53H71Cl2N11O17S/c1-6-26(3)47-38(69)13-28-12-33-32-16-30(59-39(70)10-11-56-42(73)23-65(43(74)18-54)66(24-45(76)77)44(75)19-55)8-9-34(32)61-52(33)84-25-35(60-40(71)20-58-51(81)48(27(4)7-2)62-41(72)21-57-49(28)79)37(68)14-29(15-46(78)83-5)53(82)64-22-31(67)17-36(64)50(80)63-47/h8-9,16,26-29,31,35-36,47-48,61,67H,6-7,10-15,17-25H2,1-5H3,(H,56,73)(H,57,79)(H,58,81)(H,59,70)(H,60,71)(H,62,72)(H,63,80)(H,76,77)/t26-,27-,28+,29-,31+,35-,36-,47-,48-/m0/s1. The van der Waals surface area contributed by atoms with E-state index in [1.54, 1.807) is 39.8 Å². The number of Topliss-reactive ketones (excluding diaryl/α,β-unsaturated/α-hetero) is 2. The van der Waals surface area contributed by atoms with Crippen molar-refractivity contribution < 1.29 is 82.1 Å². The zero-order valence-corrected chi connectivity index (χ0v) is 49.3. The van der Waals surface area contributed by atoms with E-state index in [1.807, 2.05) is 0 Å². The molecule has 0 saturated carbocycles. The van der Waals surface area contributed by atoms with E-state index in [0.29, 0.717) is 39.3 Å². The number of fused-ring (bicyclic) bond motifs is 5. The van der Waals surface area contributed by atoms with Gasteiger partial charge in [0.15, 0.2) is 11.6 Å². The van der Waals surface area contributed by atoms with Crippen LogP contribution in [0.25, 0.3) is 10.9 Å². The number of nitrogens with zero attached hydrogens (tertiary/aromatic N) is 3. The molecule has 9 atom stereocenters. The number of halogens is 2. The number of methoxy groups -OCH3 is 1. The second-order valence-electron chi connectivity index (χ2n) is 20.7. The molecule has 3 aliphatic rings. The van der Waals surface area contributed by atoms with E-state index in [2.05, 4.69) is 42.2 Å². The van der Waals surface area contributed by atoms with Crippen molar-refractivity contribution in [2.24, 2.45) is 23.7 Å². The van der Waals surface area contributed by atoms with Gasteiger partial charge in [-0.2, -0.15) is 0 Å². The third kappa shape index (κ3) is 18.3. The number of hydrogen-bond donors (Lipinski definition) is 10. The number of anilines is 1. The molecular formula is C53H71Cl2N11O17S. The van der Waals surface area contributed by atoms with Crippen LogP contribution in [0.4, 0.5) is 5.69 Å². The molecule has 460 valence electrons. The molecule has 5 rings (SSSR count). The molecule has 3 aliphatic heterocycles. The molecule has 31 heteroatoms. The molecule has 1 aromatic carbocycles. The Kier molecular flexibility index (Phi) is 25.3. The first-order valence-corrected chi connectivity index (χ1v) is 29.2. The van der Waals surface area contributed by atoms with Crippen LogP contribution in [0.5, 0.6) is 0 Å². The summed E-state index contributed by atoms with van der Waals surface area (Å²) in [5.41, 5.74) is 0.932. The summed E-state index contributed by atoms with van der Waals surface area (Å²) in [4.78, 5) is 194. The lowest BCUT2D eigenvalue weighted by atomic mass is 9.86. The van der Waals surface area contributed by atoms with Gasteiger partial charge in [-0.15, -0.1) is 35.0 Å². The predicted octanol–water partition coefficient (Wildman–Crippen LogP) is -1.14. The number of carbonyl (C=O) groups excluding carboxylic acids is 13. The minimum absolute atomic E-state index is 0.182. The zero-order chi connectivity index (χ0) is 62.1. The molecular weight excluding hydrogens is 1170 g/mol. The minimum Gasteiger partial charge on any atom is -0.480 e. The van der Waals surface area contributed by atoms with Gasteiger partial charge >= 0.3 is 11.9 Å². The fraction of sp³-hybridized carbons (Fsp3) is 0.585. The Morgan fingerprint density at radius 3 is 2.06 bits per heavy atom. The number of H-pyrrole nitrogens is 1. The number of carboxylic acids is 1. The number of carbonyl (C=O) groups is 14. The quantitative estimate of drug-likeness (QED) is 0.0540. The lowest BCUT2D eigenvalue weighted by Gasteiger charge is -2.32. The van der Waals surface area contributed by atoms with E-state index >= 15 is 0 Å². The number of amides is 10. The Morgan fingerprint density at radius 1 is 0.798 bits per heavy atom. The van der Waals surface area contributed by atoms with Crippen LogP contribution in [-0.2, 0) is 78.3 Å². The van der Waals surface area contributed by atoms with Gasteiger partial charge in [-0.1, -0.05) is 40.5 Å². The van der Waals surface area contributed by atoms with Crippen molar-refractivity contribution in [3.8, 4) is 0 Å². The third-order valence-electron chi connectivity index (χ3n) is 14.7. The van der Waals surface area contributed by atoms with Crippen LogP contribution in [0, 0.1) is 23.7 Å². The van der Waals surface area contributed by atoms with Gasteiger partial charge < -0.3 is 62.1 Å². The first-order valence-electron chi connectivity index (χ1n) is 27.2. The number of aliphatic hydroxyl groups is 1. The molecule has 4 heterocycles. The molecule has 0 radical (unpaired) electrons. The number of hydrazine groups is 1. The topological polar surface area (TPSA) is 398 Å². The number of carboxylic acid groups (broad SMARTS) is 1. The number of aliphatic hydroxyl groups excluding tert-OH is 1. The summed E-state index contributed by atoms with van der Waals surface area (Å²) < 4.78 is 4.89. The van der Waals surface area contributed by atoms with Crippen molar-refractivity contribution in [1.29, 1.82) is 0 Å². The van der Waals surface area contributed by atoms with Crippen LogP contribution in [0.15, 0.2) is 23.2 Å². The van der Waals surface area contributed by atoms with E-state index in [1.165, 1.54) is 6.07 Å². The van der Waals surface area contributed by atoms with Crippen molar-refractivity contribution in [3.05, 3.63) is 23.8 Å². The van der Waals surface area contributed by atoms with E-state index < -0.39 is 194 Å². The highest BCUT2D eigenvalue weighted by Gasteiger charge is 2.45. The molecule has 0 spiro atoms. The Bertz CT molecular complexity index is 2870. The van der Waals surface area contributed by atoms with Crippen molar-refractivity contribution in [2.45, 2.75) is 114 Å². The van der Waals surface area contributed by atoms with Gasteiger partial charge in [-0.25, -0.2) is 10.0 Å². The highest BCUT2D eigenvalue weighted by atomic mass is 35.5. The fourth-order valence-electron chi connectivity index (χ4n) is 9.74. The number of aliphatic carboxylic acids is 1. The minimum atomic E-state index is -1.52. The van der Waals surface area contributed by atoms with Gasteiger partial charge in [0.25, 0.3) is 11.8 Å². The third-order valence-corrected chi connectivity index (χ3v) is 16.3. The summed E-state index contributed by atoms with van der Waals surface area (Å²) in [6.07, 6.45) is -3.36. The van der Waals surface area contributed by atoms with Gasteiger partial charge in [0.1, 0.15) is 36.9 Å². The molecule has 10 N–H and O–H groups in total. The number of aromatic amines is 1. The number of hydrogen-bond acceptors (Lipinski definition) is 17. The average Bonchev–Trinajstić information content (AvgIpc) is 2.86. The zero-order valence-electron chi connectivity index (χ0n) is 47.0. The molecule has 1 saturated heterocycles. The second kappa shape index (κ2) is 31.5. The Hall–Kier alpha value is -7.37. The second-order valence-corrected chi connectivity index (χ2v) is 22.3. The van der Waals surface area contributed by atoms with Crippen molar-refractivity contribution in [3.63, 3.8) is 0 Å². The average molecular weight is 1240 g/mol. The number of aromatic nitrogens is 1. The number of ketones is 2. The monoisotopic (exact) mass is 1240 g/mol. The Morgan fingerprint density at radius 2 is 1.43 bits per heavy atom. The smallest absolute Gasteiger partial charge is 0.325 e. The maximum absolute atomic E-state index is 14.8. The van der Waals surface area contributed by atoms with Crippen LogP contribution >= 0.6 is 35.0 Å². The molecule has 10 amide bonds. The first kappa shape index (κ1) is 67.4. The summed E-state index contributed by atoms with van der Waals surface area (Å²) in [5.74, 6) is -17.9. The van der Waals surface area contributed by atoms with E-state index in [9.17, 15) is 77.3 Å². The maximum atomic E-state index is 14.8. The number of benzene rings is 1. The van der Waals surface area contributed by atoms with E-state index in [4.69, 9.17) is 27.9 Å². The Balaban J connectivity index is 1.60. The highest BCUT2D eigenvalue weighted by molar-refractivity contribution is 7.99. The van der Waals surface area contributed by atoms with Crippen LogP contribution < -0.4 is 37.2 Å². The largest absolute Gasteiger partial charge is 0.480 e. The van der Waals surface area contributed by atoms with Gasteiger partial charge in [0, 0.05) is 67.0 Å². The van der Waals surface area contributed by atoms with Crippen molar-refractivity contribution in [1.82, 2.24) is 51.8 Å². The summed E-state index contributed by atoms with van der Waals surface area (Å²) in [6.45, 7) is 2.96. The lowest BCUT2D eigenvalue weighted by Crippen LogP contribution is -2.55. The van der Waals surface area contributed by atoms with Crippen molar-refractivity contribution >= 4 is 134 Å². The highest BCUT2D eigenvalue weighted by Crippen LogP contribution is 2.36. The molecule has 2 bridgehead atoms. The summed E-state index contributed by atoms with van der Waals surface area (Å²) in [5, 5.41) is 40.1. The molecule has 1 aromatic heterocycles. The number of thioether (sulfide) groups is 1. The number of rotatable bonds is 16. The lowest BCUT2D eigenvalue weighted by molar-refractivity contribution is -0.167. The van der Waals surface area contributed by atoms with Crippen LogP contribution in [0.3, 0.4) is 0 Å². The van der Waals surface area contributed by atoms with Gasteiger partial charge in [-0.3, -0.25) is 67.1 Å². The number of alkyl halides is 2. The molecule has 0 aliphatic carbocycles. The van der Waals surface area contributed by atoms with E-state index in [-0.39, 0.29) is 48.8 Å². The molecule has 2 aromatic rings. The first-order chi connectivity index (χ1) is 39.8. The van der Waals surface area contributed by atoms with Crippen LogP contribution in [0.1, 0.15) is 78.2 Å². The fourth-order valence-corrected chi connectivity index (χ4v) is 11.2. The van der Waals surface area contributed by atoms with Gasteiger partial charge in [-0.05, 0) is 42.0 Å². The van der Waals surface area contributed by atoms with Gasteiger partial charge in [0.05, 0.1) is 55.8 Å².